The summed E-state index contributed by atoms with van der Waals surface area (Å²) in [4.78, 5) is 21.8. The van der Waals surface area contributed by atoms with Crippen LogP contribution in [0.25, 0.3) is 0 Å². The van der Waals surface area contributed by atoms with E-state index in [1.165, 1.54) is 0 Å². The SMILES string of the molecule is N#CCNC(=O)C(=O)NCCOCCO. The van der Waals surface area contributed by atoms with Crippen LogP contribution in [0.4, 0.5) is 0 Å². The highest BCUT2D eigenvalue weighted by Gasteiger charge is 2.10. The van der Waals surface area contributed by atoms with Crippen LogP contribution in [0.5, 0.6) is 0 Å². The van der Waals surface area contributed by atoms with Crippen LogP contribution in [0.2, 0.25) is 0 Å². The fraction of sp³-hybridized carbons (Fsp3) is 0.625. The van der Waals surface area contributed by atoms with Crippen molar-refractivity contribution in [2.75, 3.05) is 32.9 Å². The molecule has 0 saturated heterocycles. The number of ether oxygens (including phenoxy) is 1. The molecule has 0 aliphatic heterocycles. The Morgan fingerprint density at radius 2 is 1.93 bits per heavy atom. The van der Waals surface area contributed by atoms with Crippen LogP contribution >= 0.6 is 0 Å². The normalized spacial score (nSPS) is 9.07. The van der Waals surface area contributed by atoms with Gasteiger partial charge in [-0.1, -0.05) is 0 Å². The standard InChI is InChI=1S/C8H13N3O4/c9-1-2-10-7(13)8(14)11-3-5-15-6-4-12/h12H,2-6H2,(H,10,13)(H,11,14). The zero-order chi connectivity index (χ0) is 11.5. The summed E-state index contributed by atoms with van der Waals surface area (Å²) in [7, 11) is 0. The first-order valence-electron chi connectivity index (χ1n) is 4.34. The molecule has 0 atom stereocenters. The highest BCUT2D eigenvalue weighted by Crippen LogP contribution is 1.73. The third kappa shape index (κ3) is 7.42. The summed E-state index contributed by atoms with van der Waals surface area (Å²) < 4.78 is 4.85. The highest BCUT2D eigenvalue weighted by atomic mass is 16.5. The minimum absolute atomic E-state index is 0.0867. The highest BCUT2D eigenvalue weighted by molar-refractivity contribution is 6.35. The van der Waals surface area contributed by atoms with Crippen LogP contribution in [0.15, 0.2) is 0 Å². The summed E-state index contributed by atoms with van der Waals surface area (Å²) >= 11 is 0. The van der Waals surface area contributed by atoms with Gasteiger partial charge in [0.25, 0.3) is 0 Å². The van der Waals surface area contributed by atoms with E-state index in [1.807, 2.05) is 0 Å². The van der Waals surface area contributed by atoms with Gasteiger partial charge in [-0.3, -0.25) is 9.59 Å². The largest absolute Gasteiger partial charge is 0.394 e. The van der Waals surface area contributed by atoms with Crippen molar-refractivity contribution in [1.82, 2.24) is 10.6 Å². The molecule has 15 heavy (non-hydrogen) atoms. The van der Waals surface area contributed by atoms with Gasteiger partial charge in [0.2, 0.25) is 0 Å². The van der Waals surface area contributed by atoms with Gasteiger partial charge in [0.15, 0.2) is 0 Å². The van der Waals surface area contributed by atoms with Gasteiger partial charge in [-0.2, -0.15) is 5.26 Å². The Balaban J connectivity index is 3.48. The zero-order valence-electron chi connectivity index (χ0n) is 8.15. The predicted molar refractivity (Wildman–Crippen MR) is 49.5 cm³/mol. The molecule has 0 unspecified atom stereocenters. The summed E-state index contributed by atoms with van der Waals surface area (Å²) in [5, 5.41) is 20.9. The predicted octanol–water partition coefficient (Wildman–Crippen LogP) is -2.25. The van der Waals surface area contributed by atoms with Crippen LogP contribution in [-0.2, 0) is 14.3 Å². The number of nitriles is 1. The Morgan fingerprint density at radius 1 is 1.27 bits per heavy atom. The second-order valence-electron chi connectivity index (χ2n) is 2.43. The van der Waals surface area contributed by atoms with Gasteiger partial charge in [-0.25, -0.2) is 0 Å². The van der Waals surface area contributed by atoms with Crippen LogP contribution in [0.1, 0.15) is 0 Å². The van der Waals surface area contributed by atoms with Crippen LogP contribution < -0.4 is 10.6 Å². The number of nitrogens with zero attached hydrogens (tertiary/aromatic N) is 1. The number of carbonyl (C=O) groups excluding carboxylic acids is 2. The smallest absolute Gasteiger partial charge is 0.310 e. The Labute approximate surface area is 87.0 Å². The van der Waals surface area contributed by atoms with E-state index >= 15 is 0 Å². The first-order valence-corrected chi connectivity index (χ1v) is 4.34. The third-order valence-electron chi connectivity index (χ3n) is 1.30. The first-order chi connectivity index (χ1) is 7.22. The van der Waals surface area contributed by atoms with Crippen molar-refractivity contribution in [2.45, 2.75) is 0 Å². The average molecular weight is 215 g/mol. The molecule has 7 heteroatoms. The molecule has 0 rings (SSSR count). The number of rotatable bonds is 6. The molecule has 7 nitrogen and oxygen atoms in total. The Bertz CT molecular complexity index is 249. The van der Waals surface area contributed by atoms with Gasteiger partial charge in [-0.05, 0) is 0 Å². The van der Waals surface area contributed by atoms with E-state index in [9.17, 15) is 9.59 Å². The van der Waals surface area contributed by atoms with Gasteiger partial charge < -0.3 is 20.5 Å². The van der Waals surface area contributed by atoms with E-state index < -0.39 is 11.8 Å². The topological polar surface area (TPSA) is 111 Å². The summed E-state index contributed by atoms with van der Waals surface area (Å²) in [5.74, 6) is -1.66. The minimum atomic E-state index is -0.848. The zero-order valence-corrected chi connectivity index (χ0v) is 8.15. The number of aliphatic hydroxyl groups is 1. The lowest BCUT2D eigenvalue weighted by atomic mass is 10.5. The number of amides is 2. The summed E-state index contributed by atoms with van der Waals surface area (Å²) in [6.07, 6.45) is 0. The molecule has 2 amide bonds. The number of nitrogens with one attached hydrogen (secondary N) is 2. The number of hydrogen-bond acceptors (Lipinski definition) is 5. The average Bonchev–Trinajstić information content (AvgIpc) is 2.25. The molecule has 0 radical (unpaired) electrons. The van der Waals surface area contributed by atoms with Gasteiger partial charge in [0.05, 0.1) is 25.9 Å². The lowest BCUT2D eigenvalue weighted by Crippen LogP contribution is -2.41. The molecular weight excluding hydrogens is 202 g/mol. The molecule has 3 N–H and O–H groups in total. The molecule has 0 saturated carbocycles. The lowest BCUT2D eigenvalue weighted by Gasteiger charge is -2.04. The molecule has 0 bridgehead atoms. The Kier molecular flexibility index (Phi) is 7.94. The second-order valence-corrected chi connectivity index (χ2v) is 2.43. The van der Waals surface area contributed by atoms with Crippen LogP contribution in [0.3, 0.4) is 0 Å². The van der Waals surface area contributed by atoms with E-state index in [4.69, 9.17) is 15.1 Å². The lowest BCUT2D eigenvalue weighted by molar-refractivity contribution is -0.139. The maximum atomic E-state index is 10.9. The molecule has 0 spiro atoms. The van der Waals surface area contributed by atoms with Crippen molar-refractivity contribution in [3.05, 3.63) is 0 Å². The fourth-order valence-corrected chi connectivity index (χ4v) is 0.684. The number of aliphatic hydroxyl groups excluding tert-OH is 1. The van der Waals surface area contributed by atoms with Crippen molar-refractivity contribution in [3.8, 4) is 6.07 Å². The molecule has 0 aliphatic rings. The summed E-state index contributed by atoms with van der Waals surface area (Å²) in [6.45, 7) is 0.303. The fourth-order valence-electron chi connectivity index (χ4n) is 0.684. The van der Waals surface area contributed by atoms with E-state index in [2.05, 4.69) is 10.6 Å². The van der Waals surface area contributed by atoms with Gasteiger partial charge in [-0.15, -0.1) is 0 Å². The molecule has 0 aliphatic carbocycles. The molecule has 0 aromatic carbocycles. The van der Waals surface area contributed by atoms with E-state index in [-0.39, 0.29) is 32.9 Å². The maximum Gasteiger partial charge on any atom is 0.310 e. The van der Waals surface area contributed by atoms with Gasteiger partial charge in [0.1, 0.15) is 6.54 Å². The summed E-state index contributed by atoms with van der Waals surface area (Å²) in [5.41, 5.74) is 0. The number of carbonyl (C=O) groups is 2. The van der Waals surface area contributed by atoms with Crippen molar-refractivity contribution < 1.29 is 19.4 Å². The van der Waals surface area contributed by atoms with Gasteiger partial charge >= 0.3 is 11.8 Å². The Morgan fingerprint density at radius 3 is 2.53 bits per heavy atom. The van der Waals surface area contributed by atoms with E-state index in [0.717, 1.165) is 0 Å². The number of hydrogen-bond donors (Lipinski definition) is 3. The van der Waals surface area contributed by atoms with Crippen molar-refractivity contribution in [3.63, 3.8) is 0 Å². The monoisotopic (exact) mass is 215 g/mol. The minimum Gasteiger partial charge on any atom is -0.394 e. The molecule has 0 aromatic rings. The second kappa shape index (κ2) is 8.93. The molecule has 0 aromatic heterocycles. The first kappa shape index (κ1) is 13.4. The van der Waals surface area contributed by atoms with E-state index in [1.54, 1.807) is 6.07 Å². The molecular formula is C8H13N3O4. The molecule has 0 heterocycles. The summed E-state index contributed by atoms with van der Waals surface area (Å²) in [6, 6.07) is 1.67. The van der Waals surface area contributed by atoms with Crippen molar-refractivity contribution in [1.29, 1.82) is 5.26 Å². The quantitative estimate of drug-likeness (QED) is 0.263. The Hall–Kier alpha value is -1.65. The van der Waals surface area contributed by atoms with Gasteiger partial charge in [0, 0.05) is 6.54 Å². The molecule has 84 valence electrons. The van der Waals surface area contributed by atoms with Crippen molar-refractivity contribution in [2.24, 2.45) is 0 Å². The molecule has 0 fully saturated rings. The van der Waals surface area contributed by atoms with E-state index in [0.29, 0.717) is 0 Å². The van der Waals surface area contributed by atoms with Crippen molar-refractivity contribution >= 4 is 11.8 Å². The van der Waals surface area contributed by atoms with Crippen LogP contribution in [-0.4, -0.2) is 49.8 Å². The third-order valence-corrected chi connectivity index (χ3v) is 1.30. The van der Waals surface area contributed by atoms with Crippen LogP contribution in [0, 0.1) is 11.3 Å². The maximum absolute atomic E-state index is 10.9.